The first kappa shape index (κ1) is 9.45. The van der Waals surface area contributed by atoms with Gasteiger partial charge in [-0.3, -0.25) is 0 Å². The van der Waals surface area contributed by atoms with Crippen LogP contribution < -0.4 is 5.73 Å². The van der Waals surface area contributed by atoms with Gasteiger partial charge >= 0.3 is 0 Å². The predicted octanol–water partition coefficient (Wildman–Crippen LogP) is 1.27. The number of hydrogen-bond acceptors (Lipinski definition) is 3. The Morgan fingerprint density at radius 1 is 1.43 bits per heavy atom. The molecule has 3 nitrogen and oxygen atoms in total. The molecule has 0 aliphatic carbocycles. The quantitative estimate of drug-likeness (QED) is 0.711. The number of rotatable bonds is 3. The van der Waals surface area contributed by atoms with Crippen LogP contribution in [0.15, 0.2) is 35.8 Å². The molecule has 0 fully saturated rings. The van der Waals surface area contributed by atoms with Gasteiger partial charge in [-0.1, -0.05) is 6.07 Å². The number of hydrogen-bond donors (Lipinski definition) is 3. The zero-order valence-corrected chi connectivity index (χ0v) is 8.42. The molecule has 0 aliphatic heterocycles. The second-order valence-electron chi connectivity index (χ2n) is 3.13. The molecule has 1 atom stereocenters. The SMILES string of the molecule is NCC(O)(c1ccc[nH]1)c1cccs1. The molecule has 4 N–H and O–H groups in total. The Labute approximate surface area is 86.2 Å². The lowest BCUT2D eigenvalue weighted by atomic mass is 9.98. The molecule has 0 bridgehead atoms. The first-order chi connectivity index (χ1) is 6.77. The van der Waals surface area contributed by atoms with Crippen molar-refractivity contribution in [1.82, 2.24) is 4.98 Å². The van der Waals surface area contributed by atoms with E-state index in [9.17, 15) is 5.11 Å². The first-order valence-corrected chi connectivity index (χ1v) is 5.25. The lowest BCUT2D eigenvalue weighted by molar-refractivity contribution is 0.0900. The molecule has 14 heavy (non-hydrogen) atoms. The average Bonchev–Trinajstić information content (AvgIpc) is 2.88. The van der Waals surface area contributed by atoms with Crippen molar-refractivity contribution in [3.8, 4) is 0 Å². The average molecular weight is 208 g/mol. The summed E-state index contributed by atoms with van der Waals surface area (Å²) in [5.41, 5.74) is 5.29. The number of thiophene rings is 1. The van der Waals surface area contributed by atoms with Crippen LogP contribution in [0.3, 0.4) is 0 Å². The lowest BCUT2D eigenvalue weighted by Crippen LogP contribution is -2.35. The van der Waals surface area contributed by atoms with E-state index in [2.05, 4.69) is 4.98 Å². The van der Waals surface area contributed by atoms with Crippen molar-refractivity contribution in [1.29, 1.82) is 0 Å². The lowest BCUT2D eigenvalue weighted by Gasteiger charge is -2.24. The fraction of sp³-hybridized carbons (Fsp3) is 0.200. The molecule has 2 aromatic rings. The van der Waals surface area contributed by atoms with Crippen LogP contribution in [0.25, 0.3) is 0 Å². The highest BCUT2D eigenvalue weighted by Crippen LogP contribution is 2.30. The van der Waals surface area contributed by atoms with Gasteiger partial charge in [0.1, 0.15) is 0 Å². The van der Waals surface area contributed by atoms with Crippen molar-refractivity contribution in [3.63, 3.8) is 0 Å². The van der Waals surface area contributed by atoms with Crippen LogP contribution in [0.1, 0.15) is 10.6 Å². The maximum atomic E-state index is 10.4. The van der Waals surface area contributed by atoms with Crippen LogP contribution in [0.2, 0.25) is 0 Å². The van der Waals surface area contributed by atoms with Crippen LogP contribution in [0, 0.1) is 0 Å². The van der Waals surface area contributed by atoms with E-state index in [1.165, 1.54) is 11.3 Å². The highest BCUT2D eigenvalue weighted by atomic mass is 32.1. The van der Waals surface area contributed by atoms with Crippen LogP contribution in [0.5, 0.6) is 0 Å². The fourth-order valence-corrected chi connectivity index (χ4v) is 2.29. The molecule has 0 aliphatic rings. The number of aromatic nitrogens is 1. The summed E-state index contributed by atoms with van der Waals surface area (Å²) < 4.78 is 0. The molecular formula is C10H12N2OS. The summed E-state index contributed by atoms with van der Waals surface area (Å²) in [5.74, 6) is 0. The molecule has 0 radical (unpaired) electrons. The van der Waals surface area contributed by atoms with Crippen molar-refractivity contribution in [3.05, 3.63) is 46.4 Å². The minimum absolute atomic E-state index is 0.175. The molecule has 74 valence electrons. The molecule has 2 rings (SSSR count). The van der Waals surface area contributed by atoms with Crippen molar-refractivity contribution < 1.29 is 5.11 Å². The maximum Gasteiger partial charge on any atom is 0.150 e. The predicted molar refractivity (Wildman–Crippen MR) is 57.2 cm³/mol. The van der Waals surface area contributed by atoms with Crippen LogP contribution in [0.4, 0.5) is 0 Å². The van der Waals surface area contributed by atoms with Gasteiger partial charge in [0.05, 0.1) is 5.69 Å². The van der Waals surface area contributed by atoms with Crippen LogP contribution in [-0.2, 0) is 5.60 Å². The third-order valence-electron chi connectivity index (χ3n) is 2.27. The van der Waals surface area contributed by atoms with Gasteiger partial charge in [-0.05, 0) is 23.6 Å². The van der Waals surface area contributed by atoms with Crippen molar-refractivity contribution in [2.75, 3.05) is 6.54 Å². The zero-order chi connectivity index (χ0) is 10.0. The van der Waals surface area contributed by atoms with E-state index in [1.807, 2.05) is 29.6 Å². The molecule has 0 spiro atoms. The molecule has 0 aromatic carbocycles. The molecule has 0 saturated heterocycles. The minimum Gasteiger partial charge on any atom is -0.377 e. The Morgan fingerprint density at radius 3 is 2.79 bits per heavy atom. The number of nitrogens with one attached hydrogen (secondary N) is 1. The van der Waals surface area contributed by atoms with E-state index in [1.54, 1.807) is 6.20 Å². The summed E-state index contributed by atoms with van der Waals surface area (Å²) in [7, 11) is 0. The largest absolute Gasteiger partial charge is 0.377 e. The van der Waals surface area contributed by atoms with Gasteiger partial charge in [0.15, 0.2) is 5.60 Å². The van der Waals surface area contributed by atoms with Gasteiger partial charge in [0.2, 0.25) is 0 Å². The smallest absolute Gasteiger partial charge is 0.150 e. The van der Waals surface area contributed by atoms with E-state index in [-0.39, 0.29) is 6.54 Å². The highest BCUT2D eigenvalue weighted by Gasteiger charge is 2.31. The normalized spacial score (nSPS) is 15.3. The van der Waals surface area contributed by atoms with Crippen LogP contribution in [-0.4, -0.2) is 16.6 Å². The molecule has 2 heterocycles. The number of aliphatic hydroxyl groups is 1. The van der Waals surface area contributed by atoms with Gasteiger partial charge in [-0.2, -0.15) is 0 Å². The molecule has 2 aromatic heterocycles. The fourth-order valence-electron chi connectivity index (χ4n) is 1.44. The summed E-state index contributed by atoms with van der Waals surface area (Å²) in [6.07, 6.45) is 1.78. The van der Waals surface area contributed by atoms with Gasteiger partial charge < -0.3 is 15.8 Å². The highest BCUT2D eigenvalue weighted by molar-refractivity contribution is 7.10. The molecule has 1 unspecified atom stereocenters. The Kier molecular flexibility index (Phi) is 2.41. The van der Waals surface area contributed by atoms with E-state index in [0.29, 0.717) is 0 Å². The molecular weight excluding hydrogens is 196 g/mol. The summed E-state index contributed by atoms with van der Waals surface area (Å²) in [6, 6.07) is 7.48. The van der Waals surface area contributed by atoms with Gasteiger partial charge in [-0.15, -0.1) is 11.3 Å². The number of H-pyrrole nitrogens is 1. The Hall–Kier alpha value is -1.10. The van der Waals surface area contributed by atoms with Crippen molar-refractivity contribution in [2.24, 2.45) is 5.73 Å². The number of nitrogens with two attached hydrogens (primary N) is 1. The van der Waals surface area contributed by atoms with E-state index in [0.717, 1.165) is 10.6 Å². The Bertz CT molecular complexity index is 346. The molecule has 0 saturated carbocycles. The minimum atomic E-state index is -1.07. The summed E-state index contributed by atoms with van der Waals surface area (Å²) in [4.78, 5) is 3.86. The monoisotopic (exact) mass is 208 g/mol. The second kappa shape index (κ2) is 3.57. The van der Waals surface area contributed by atoms with Crippen LogP contribution >= 0.6 is 11.3 Å². The zero-order valence-electron chi connectivity index (χ0n) is 7.60. The second-order valence-corrected chi connectivity index (χ2v) is 4.07. The van der Waals surface area contributed by atoms with Crippen molar-refractivity contribution >= 4 is 11.3 Å². The Balaban J connectivity index is 2.45. The molecule has 0 amide bonds. The summed E-state index contributed by atoms with van der Waals surface area (Å²) in [5, 5.41) is 12.3. The Morgan fingerprint density at radius 2 is 2.29 bits per heavy atom. The van der Waals surface area contributed by atoms with Gasteiger partial charge in [-0.25, -0.2) is 0 Å². The van der Waals surface area contributed by atoms with Gasteiger partial charge in [0.25, 0.3) is 0 Å². The third-order valence-corrected chi connectivity index (χ3v) is 3.29. The molecule has 4 heteroatoms. The standard InChI is InChI=1S/C10H12N2OS/c11-7-10(13,8-3-1-5-12-8)9-4-2-6-14-9/h1-6,12-13H,7,11H2. The van der Waals surface area contributed by atoms with E-state index in [4.69, 9.17) is 5.73 Å². The maximum absolute atomic E-state index is 10.4. The summed E-state index contributed by atoms with van der Waals surface area (Å²) >= 11 is 1.50. The van der Waals surface area contributed by atoms with Crippen molar-refractivity contribution in [2.45, 2.75) is 5.60 Å². The van der Waals surface area contributed by atoms with E-state index < -0.39 is 5.60 Å². The summed E-state index contributed by atoms with van der Waals surface area (Å²) in [6.45, 7) is 0.175. The third kappa shape index (κ3) is 1.37. The number of aromatic amines is 1. The first-order valence-electron chi connectivity index (χ1n) is 4.37. The van der Waals surface area contributed by atoms with E-state index >= 15 is 0 Å². The van der Waals surface area contributed by atoms with Gasteiger partial charge in [0, 0.05) is 17.6 Å². The topological polar surface area (TPSA) is 62.0 Å².